The molecule has 0 aromatic heterocycles. The van der Waals surface area contributed by atoms with Crippen LogP contribution in [0.4, 0.5) is 11.4 Å². The van der Waals surface area contributed by atoms with Crippen molar-refractivity contribution in [1.82, 2.24) is 0 Å². The van der Waals surface area contributed by atoms with Crippen molar-refractivity contribution >= 4 is 11.4 Å². The van der Waals surface area contributed by atoms with Crippen LogP contribution in [0, 0.1) is 0 Å². The molecular formula is C18H28N4O4. The molecule has 0 spiro atoms. The van der Waals surface area contributed by atoms with E-state index in [1.807, 2.05) is 12.2 Å². The van der Waals surface area contributed by atoms with E-state index in [4.69, 9.17) is 41.9 Å². The van der Waals surface area contributed by atoms with Gasteiger partial charge in [-0.05, 0) is 18.2 Å². The monoisotopic (exact) mass is 364 g/mol. The van der Waals surface area contributed by atoms with E-state index < -0.39 is 5.72 Å². The average molecular weight is 364 g/mol. The Hall–Kier alpha value is -2.10. The van der Waals surface area contributed by atoms with Gasteiger partial charge in [-0.25, -0.2) is 0 Å². The summed E-state index contributed by atoms with van der Waals surface area (Å²) < 4.78 is 22.0. The van der Waals surface area contributed by atoms with Crippen LogP contribution in [0.1, 0.15) is 0 Å². The number of hydrogen-bond donors (Lipinski definition) is 4. The molecule has 0 amide bonds. The molecule has 1 aromatic rings. The fourth-order valence-electron chi connectivity index (χ4n) is 2.28. The van der Waals surface area contributed by atoms with Gasteiger partial charge in [0.25, 0.3) is 0 Å². The first-order chi connectivity index (χ1) is 12.5. The van der Waals surface area contributed by atoms with Gasteiger partial charge in [-0.2, -0.15) is 0 Å². The van der Waals surface area contributed by atoms with Crippen molar-refractivity contribution in [2.24, 2.45) is 11.5 Å². The largest absolute Gasteiger partial charge is 0.489 e. The molecule has 1 aliphatic rings. The predicted molar refractivity (Wildman–Crippen MR) is 102 cm³/mol. The zero-order valence-electron chi connectivity index (χ0n) is 14.8. The number of allylic oxidation sites excluding steroid dienone is 2. The van der Waals surface area contributed by atoms with Gasteiger partial charge in [0, 0.05) is 11.8 Å². The lowest BCUT2D eigenvalue weighted by Gasteiger charge is -2.32. The van der Waals surface area contributed by atoms with Crippen LogP contribution in [-0.2, 0) is 14.2 Å². The number of hydrogen-bond acceptors (Lipinski definition) is 8. The molecule has 0 heterocycles. The molecule has 0 bridgehead atoms. The number of anilines is 2. The Morgan fingerprint density at radius 2 is 1.62 bits per heavy atom. The smallest absolute Gasteiger partial charge is 0.155 e. The third kappa shape index (κ3) is 6.32. The maximum absolute atomic E-state index is 6.07. The van der Waals surface area contributed by atoms with Gasteiger partial charge < -0.3 is 36.1 Å². The second-order valence-electron chi connectivity index (χ2n) is 5.84. The van der Waals surface area contributed by atoms with Crippen LogP contribution in [0.3, 0.4) is 0 Å². The minimum atomic E-state index is -0.978. The second kappa shape index (κ2) is 10.1. The highest BCUT2D eigenvalue weighted by Gasteiger charge is 2.30. The van der Waals surface area contributed by atoms with Crippen molar-refractivity contribution in [2.45, 2.75) is 11.8 Å². The lowest BCUT2D eigenvalue weighted by Crippen LogP contribution is -2.56. The van der Waals surface area contributed by atoms with Crippen molar-refractivity contribution in [2.75, 3.05) is 51.1 Å². The van der Waals surface area contributed by atoms with Crippen LogP contribution in [0.2, 0.25) is 0 Å². The lowest BCUT2D eigenvalue weighted by molar-refractivity contribution is -0.0494. The summed E-state index contributed by atoms with van der Waals surface area (Å²) in [4.78, 5) is 0. The summed E-state index contributed by atoms with van der Waals surface area (Å²) in [5, 5.41) is 0. The van der Waals surface area contributed by atoms with Crippen molar-refractivity contribution < 1.29 is 18.9 Å². The molecule has 8 nitrogen and oxygen atoms in total. The Morgan fingerprint density at radius 1 is 0.923 bits per heavy atom. The van der Waals surface area contributed by atoms with E-state index in [9.17, 15) is 0 Å². The highest BCUT2D eigenvalue weighted by Crippen LogP contribution is 2.23. The van der Waals surface area contributed by atoms with Crippen molar-refractivity contribution in [1.29, 1.82) is 0 Å². The molecule has 8 N–H and O–H groups in total. The van der Waals surface area contributed by atoms with Crippen molar-refractivity contribution in [3.8, 4) is 5.75 Å². The average Bonchev–Trinajstić information content (AvgIpc) is 2.62. The number of ether oxygens (including phenoxy) is 4. The zero-order chi connectivity index (χ0) is 18.8. The standard InChI is InChI=1S/C18H28N4O4/c19-14-4-5-15(20)16(13-14)25-11-9-23-7-8-24-10-12-26-18(22)6-2-1-3-17(18)21/h1-6,13,17H,7-12,19-22H2. The molecule has 0 saturated heterocycles. The SMILES string of the molecule is Nc1ccc(N)c(OCCOCCOCCOC2(N)C=CC=CC2N)c1. The second-order valence-corrected chi connectivity index (χ2v) is 5.84. The molecular weight excluding hydrogens is 336 g/mol. The highest BCUT2D eigenvalue weighted by molar-refractivity contribution is 5.59. The molecule has 2 rings (SSSR count). The Balaban J connectivity index is 1.47. The van der Waals surface area contributed by atoms with Crippen LogP contribution in [0.25, 0.3) is 0 Å². The molecule has 0 saturated carbocycles. The van der Waals surface area contributed by atoms with Crippen LogP contribution in [0.15, 0.2) is 42.5 Å². The Kier molecular flexibility index (Phi) is 7.89. The number of benzene rings is 1. The first-order valence-corrected chi connectivity index (χ1v) is 8.49. The molecule has 2 atom stereocenters. The number of rotatable bonds is 11. The van der Waals surface area contributed by atoms with Gasteiger partial charge in [0.1, 0.15) is 12.4 Å². The summed E-state index contributed by atoms with van der Waals surface area (Å²) in [7, 11) is 0. The minimum absolute atomic E-state index is 0.347. The lowest BCUT2D eigenvalue weighted by atomic mass is 10.0. The van der Waals surface area contributed by atoms with Crippen LogP contribution in [0.5, 0.6) is 5.75 Å². The van der Waals surface area contributed by atoms with Gasteiger partial charge in [-0.3, -0.25) is 5.73 Å². The van der Waals surface area contributed by atoms with Gasteiger partial charge in [0.05, 0.1) is 44.8 Å². The van der Waals surface area contributed by atoms with E-state index in [0.29, 0.717) is 56.8 Å². The third-order valence-electron chi connectivity index (χ3n) is 3.78. The molecule has 1 aromatic carbocycles. The van der Waals surface area contributed by atoms with Gasteiger partial charge in [-0.15, -0.1) is 0 Å². The van der Waals surface area contributed by atoms with Crippen LogP contribution in [-0.4, -0.2) is 51.4 Å². The molecule has 8 heteroatoms. The van der Waals surface area contributed by atoms with Gasteiger partial charge in [0.15, 0.2) is 5.72 Å². The van der Waals surface area contributed by atoms with E-state index in [0.717, 1.165) is 0 Å². The van der Waals surface area contributed by atoms with Gasteiger partial charge in [0.2, 0.25) is 0 Å². The summed E-state index contributed by atoms with van der Waals surface area (Å²) in [6.45, 7) is 2.45. The highest BCUT2D eigenvalue weighted by atomic mass is 16.6. The first-order valence-electron chi connectivity index (χ1n) is 8.49. The predicted octanol–water partition coefficient (Wildman–Crippen LogP) is 0.388. The Morgan fingerprint density at radius 3 is 2.35 bits per heavy atom. The Bertz CT molecular complexity index is 623. The maximum atomic E-state index is 6.07. The summed E-state index contributed by atoms with van der Waals surface area (Å²) >= 11 is 0. The first kappa shape index (κ1) is 20.2. The quantitative estimate of drug-likeness (QED) is 0.251. The van der Waals surface area contributed by atoms with Gasteiger partial charge >= 0.3 is 0 Å². The van der Waals surface area contributed by atoms with E-state index >= 15 is 0 Å². The molecule has 0 radical (unpaired) electrons. The zero-order valence-corrected chi connectivity index (χ0v) is 14.8. The Labute approximate surface area is 153 Å². The van der Waals surface area contributed by atoms with E-state index in [1.165, 1.54) is 0 Å². The maximum Gasteiger partial charge on any atom is 0.155 e. The van der Waals surface area contributed by atoms with E-state index in [1.54, 1.807) is 30.4 Å². The number of nitrogens with two attached hydrogens (primary N) is 4. The van der Waals surface area contributed by atoms with E-state index in [2.05, 4.69) is 0 Å². The van der Waals surface area contributed by atoms with Gasteiger partial charge in [-0.1, -0.05) is 18.2 Å². The molecule has 0 fully saturated rings. The van der Waals surface area contributed by atoms with Crippen molar-refractivity contribution in [3.05, 3.63) is 42.5 Å². The fraction of sp³-hybridized carbons (Fsp3) is 0.444. The molecule has 144 valence electrons. The van der Waals surface area contributed by atoms with E-state index in [-0.39, 0.29) is 6.04 Å². The van der Waals surface area contributed by atoms with Crippen LogP contribution >= 0.6 is 0 Å². The minimum Gasteiger partial charge on any atom is -0.489 e. The summed E-state index contributed by atoms with van der Waals surface area (Å²) in [5.41, 5.74) is 23.6. The number of nitrogen functional groups attached to an aromatic ring is 2. The van der Waals surface area contributed by atoms with Crippen LogP contribution < -0.4 is 27.7 Å². The molecule has 26 heavy (non-hydrogen) atoms. The normalized spacial score (nSPS) is 21.8. The summed E-state index contributed by atoms with van der Waals surface area (Å²) in [6.07, 6.45) is 7.21. The van der Waals surface area contributed by atoms with Crippen molar-refractivity contribution in [3.63, 3.8) is 0 Å². The summed E-state index contributed by atoms with van der Waals surface area (Å²) in [6, 6.07) is 4.75. The molecule has 0 aliphatic heterocycles. The summed E-state index contributed by atoms with van der Waals surface area (Å²) in [5.74, 6) is 0.558. The third-order valence-corrected chi connectivity index (χ3v) is 3.78. The fourth-order valence-corrected chi connectivity index (χ4v) is 2.28. The topological polar surface area (TPSA) is 141 Å². The molecule has 1 aliphatic carbocycles. The molecule has 2 unspecified atom stereocenters.